The van der Waals surface area contributed by atoms with Crippen molar-refractivity contribution in [3.8, 4) is 0 Å². The maximum absolute atomic E-state index is 12.5. The van der Waals surface area contributed by atoms with Gasteiger partial charge in [0.05, 0.1) is 4.88 Å². The summed E-state index contributed by atoms with van der Waals surface area (Å²) < 4.78 is 1.06. The standard InChI is InChI=1S/C15H19N3O2S/c1-3-15(4-2,14(16)18-20)17-13(19)12-9-10-7-5-6-8-11(10)21-12/h5-9,20H,3-4H2,1-2H3,(H2,16,18)(H,17,19). The van der Waals surface area contributed by atoms with E-state index >= 15 is 0 Å². The van der Waals surface area contributed by atoms with Gasteiger partial charge in [0.25, 0.3) is 5.91 Å². The van der Waals surface area contributed by atoms with Crippen molar-refractivity contribution in [3.05, 3.63) is 35.2 Å². The minimum atomic E-state index is -0.817. The lowest BCUT2D eigenvalue weighted by Crippen LogP contribution is -2.56. The number of carbonyl (C=O) groups excluding carboxylic acids is 1. The number of carbonyl (C=O) groups is 1. The van der Waals surface area contributed by atoms with Crippen LogP contribution in [0.5, 0.6) is 0 Å². The molecule has 0 aliphatic rings. The van der Waals surface area contributed by atoms with Gasteiger partial charge in [-0.2, -0.15) is 0 Å². The van der Waals surface area contributed by atoms with Crippen LogP contribution in [-0.4, -0.2) is 22.5 Å². The van der Waals surface area contributed by atoms with Gasteiger partial charge in [0.2, 0.25) is 0 Å². The number of rotatable bonds is 5. The van der Waals surface area contributed by atoms with Crippen molar-refractivity contribution >= 4 is 33.2 Å². The third-order valence-corrected chi connectivity index (χ3v) is 4.92. The molecule has 2 rings (SSSR count). The van der Waals surface area contributed by atoms with Crippen molar-refractivity contribution in [1.29, 1.82) is 0 Å². The molecular formula is C15H19N3O2S. The van der Waals surface area contributed by atoms with Gasteiger partial charge in [-0.3, -0.25) is 4.79 Å². The smallest absolute Gasteiger partial charge is 0.262 e. The molecule has 1 heterocycles. The molecule has 1 aromatic carbocycles. The predicted molar refractivity (Wildman–Crippen MR) is 86.0 cm³/mol. The lowest BCUT2D eigenvalue weighted by atomic mass is 9.91. The van der Waals surface area contributed by atoms with Gasteiger partial charge in [0.15, 0.2) is 5.84 Å². The number of oxime groups is 1. The molecule has 1 amide bonds. The molecule has 5 nitrogen and oxygen atoms in total. The highest BCUT2D eigenvalue weighted by atomic mass is 32.1. The zero-order chi connectivity index (χ0) is 15.5. The molecule has 0 fully saturated rings. The maximum Gasteiger partial charge on any atom is 0.262 e. The quantitative estimate of drug-likeness (QED) is 0.343. The molecule has 21 heavy (non-hydrogen) atoms. The minimum Gasteiger partial charge on any atom is -0.409 e. The molecule has 0 bridgehead atoms. The lowest BCUT2D eigenvalue weighted by Gasteiger charge is -2.31. The van der Waals surface area contributed by atoms with Crippen LogP contribution in [0.3, 0.4) is 0 Å². The van der Waals surface area contributed by atoms with Crippen molar-refractivity contribution in [1.82, 2.24) is 5.32 Å². The Bertz CT molecular complexity index is 641. The first kappa shape index (κ1) is 15.3. The number of hydrogen-bond donors (Lipinski definition) is 3. The number of benzene rings is 1. The summed E-state index contributed by atoms with van der Waals surface area (Å²) in [6, 6.07) is 9.69. The Morgan fingerprint density at radius 1 is 1.38 bits per heavy atom. The molecule has 112 valence electrons. The second kappa shape index (κ2) is 6.13. The number of amidine groups is 1. The van der Waals surface area contributed by atoms with E-state index in [1.807, 2.05) is 44.2 Å². The van der Waals surface area contributed by atoms with Crippen LogP contribution < -0.4 is 11.1 Å². The van der Waals surface area contributed by atoms with Gasteiger partial charge >= 0.3 is 0 Å². The summed E-state index contributed by atoms with van der Waals surface area (Å²) in [5, 5.41) is 16.0. The molecule has 0 unspecified atom stereocenters. The van der Waals surface area contributed by atoms with Crippen molar-refractivity contribution in [2.24, 2.45) is 10.9 Å². The highest BCUT2D eigenvalue weighted by Gasteiger charge is 2.33. The fraction of sp³-hybridized carbons (Fsp3) is 0.333. The number of nitrogens with zero attached hydrogens (tertiary/aromatic N) is 1. The van der Waals surface area contributed by atoms with Crippen LogP contribution in [0.2, 0.25) is 0 Å². The van der Waals surface area contributed by atoms with Gasteiger partial charge < -0.3 is 16.3 Å². The van der Waals surface area contributed by atoms with Gasteiger partial charge in [-0.1, -0.05) is 37.2 Å². The van der Waals surface area contributed by atoms with E-state index in [0.717, 1.165) is 10.1 Å². The number of fused-ring (bicyclic) bond motifs is 1. The Balaban J connectivity index is 2.30. The molecule has 0 atom stereocenters. The molecule has 1 aromatic heterocycles. The lowest BCUT2D eigenvalue weighted by molar-refractivity contribution is 0.0922. The summed E-state index contributed by atoms with van der Waals surface area (Å²) in [6.45, 7) is 3.79. The maximum atomic E-state index is 12.5. The van der Waals surface area contributed by atoms with Crippen LogP contribution in [0.4, 0.5) is 0 Å². The second-order valence-corrected chi connectivity index (χ2v) is 5.96. The van der Waals surface area contributed by atoms with Crippen LogP contribution in [0.1, 0.15) is 36.4 Å². The summed E-state index contributed by atoms with van der Waals surface area (Å²) in [5.41, 5.74) is 4.95. The fourth-order valence-electron chi connectivity index (χ4n) is 2.32. The largest absolute Gasteiger partial charge is 0.409 e. The zero-order valence-electron chi connectivity index (χ0n) is 12.1. The SMILES string of the molecule is CCC(CC)(NC(=O)c1cc2ccccc2s1)C(N)=NO. The van der Waals surface area contributed by atoms with Gasteiger partial charge in [-0.15, -0.1) is 11.3 Å². The highest BCUT2D eigenvalue weighted by Crippen LogP contribution is 2.26. The Morgan fingerprint density at radius 2 is 2.05 bits per heavy atom. The molecule has 0 aliphatic heterocycles. The molecule has 2 aromatic rings. The Hall–Kier alpha value is -2.08. The first-order chi connectivity index (χ1) is 10.1. The van der Waals surface area contributed by atoms with Crippen LogP contribution in [0.25, 0.3) is 10.1 Å². The molecule has 0 radical (unpaired) electrons. The number of thiophene rings is 1. The van der Waals surface area contributed by atoms with E-state index < -0.39 is 5.54 Å². The first-order valence-electron chi connectivity index (χ1n) is 6.85. The Kier molecular flexibility index (Phi) is 4.47. The zero-order valence-corrected chi connectivity index (χ0v) is 12.9. The molecule has 6 heteroatoms. The van der Waals surface area contributed by atoms with Gasteiger partial charge in [-0.25, -0.2) is 0 Å². The Morgan fingerprint density at radius 3 is 2.62 bits per heavy atom. The normalized spacial score (nSPS) is 12.6. The molecule has 0 saturated heterocycles. The van der Waals surface area contributed by atoms with E-state index in [2.05, 4.69) is 10.5 Å². The summed E-state index contributed by atoms with van der Waals surface area (Å²) in [7, 11) is 0. The first-order valence-corrected chi connectivity index (χ1v) is 7.67. The molecule has 4 N–H and O–H groups in total. The van der Waals surface area contributed by atoms with Crippen LogP contribution in [0, 0.1) is 0 Å². The number of nitrogens with two attached hydrogens (primary N) is 1. The van der Waals surface area contributed by atoms with Crippen LogP contribution in [-0.2, 0) is 0 Å². The summed E-state index contributed by atoms with van der Waals surface area (Å²) >= 11 is 1.43. The highest BCUT2D eigenvalue weighted by molar-refractivity contribution is 7.20. The van der Waals surface area contributed by atoms with E-state index in [1.165, 1.54) is 11.3 Å². The van der Waals surface area contributed by atoms with E-state index in [-0.39, 0.29) is 11.7 Å². The topological polar surface area (TPSA) is 87.7 Å². The molecule has 0 saturated carbocycles. The van der Waals surface area contributed by atoms with Crippen LogP contribution in [0.15, 0.2) is 35.5 Å². The Labute approximate surface area is 127 Å². The van der Waals surface area contributed by atoms with Crippen molar-refractivity contribution in [2.75, 3.05) is 0 Å². The third-order valence-electron chi connectivity index (χ3n) is 3.81. The predicted octanol–water partition coefficient (Wildman–Crippen LogP) is 2.94. The van der Waals surface area contributed by atoms with Crippen molar-refractivity contribution < 1.29 is 10.0 Å². The van der Waals surface area contributed by atoms with Crippen LogP contribution >= 0.6 is 11.3 Å². The van der Waals surface area contributed by atoms with Gasteiger partial charge in [0.1, 0.15) is 5.54 Å². The fourth-order valence-corrected chi connectivity index (χ4v) is 3.28. The average Bonchev–Trinajstić information content (AvgIpc) is 2.96. The van der Waals surface area contributed by atoms with Crippen molar-refractivity contribution in [2.45, 2.75) is 32.2 Å². The van der Waals surface area contributed by atoms with E-state index in [9.17, 15) is 4.79 Å². The summed E-state index contributed by atoms with van der Waals surface area (Å²) in [6.07, 6.45) is 1.10. The average molecular weight is 305 g/mol. The van der Waals surface area contributed by atoms with Gasteiger partial charge in [0, 0.05) is 4.70 Å². The molecular weight excluding hydrogens is 286 g/mol. The third kappa shape index (κ3) is 2.85. The monoisotopic (exact) mass is 305 g/mol. The molecule has 0 aliphatic carbocycles. The number of amides is 1. The number of nitrogens with one attached hydrogen (secondary N) is 1. The van der Waals surface area contributed by atoms with E-state index in [1.54, 1.807) is 0 Å². The summed E-state index contributed by atoms with van der Waals surface area (Å²) in [4.78, 5) is 13.1. The number of hydrogen-bond acceptors (Lipinski definition) is 4. The molecule has 0 spiro atoms. The second-order valence-electron chi connectivity index (χ2n) is 4.88. The minimum absolute atomic E-state index is 0.0296. The van der Waals surface area contributed by atoms with E-state index in [4.69, 9.17) is 10.9 Å². The van der Waals surface area contributed by atoms with Gasteiger partial charge in [-0.05, 0) is 30.4 Å². The van der Waals surface area contributed by atoms with E-state index in [0.29, 0.717) is 17.7 Å². The van der Waals surface area contributed by atoms with Crippen molar-refractivity contribution in [3.63, 3.8) is 0 Å². The summed E-state index contributed by atoms with van der Waals surface area (Å²) in [5.74, 6) is -0.173.